The zero-order chi connectivity index (χ0) is 24.9. The van der Waals surface area contributed by atoms with Gasteiger partial charge in [0.2, 0.25) is 0 Å². The number of fused-ring (bicyclic) bond motifs is 4. The molecule has 8 heteroatoms. The van der Waals surface area contributed by atoms with E-state index in [0.29, 0.717) is 23.3 Å². The van der Waals surface area contributed by atoms with Gasteiger partial charge in [0.05, 0.1) is 28.9 Å². The summed E-state index contributed by atoms with van der Waals surface area (Å²) in [5.41, 5.74) is 5.75. The molecule has 5 heterocycles. The third-order valence-electron chi connectivity index (χ3n) is 6.63. The standard InChI is InChI=1S/C29H23N7O/c1-18-12-14-20(15-13-18)31-27-29-33-28-25(19(2)34-36(28)24-11-5-6-16-30-24)26(23-10-7-17-37-23)35(29)22-9-4-3-8-21(22)32-27/h3-17,26H,1-2H3,(H,31,32)/t26-/m0/s1. The van der Waals surface area contributed by atoms with Crippen LogP contribution in [0.1, 0.15) is 28.6 Å². The van der Waals surface area contributed by atoms with Crippen LogP contribution in [0.15, 0.2) is 106 Å². The number of anilines is 2. The molecule has 0 amide bonds. The second-order valence-electron chi connectivity index (χ2n) is 9.09. The molecule has 2 aromatic carbocycles. The van der Waals surface area contributed by atoms with E-state index in [1.54, 1.807) is 17.1 Å². The number of hydrogen-bond acceptors (Lipinski definition) is 7. The zero-order valence-electron chi connectivity index (χ0n) is 20.3. The Morgan fingerprint density at radius 3 is 2.49 bits per heavy atom. The lowest BCUT2D eigenvalue weighted by molar-refractivity contribution is 0.487. The fraction of sp³-hybridized carbons (Fsp3) is 0.103. The van der Waals surface area contributed by atoms with E-state index in [9.17, 15) is 0 Å². The molecule has 5 aromatic rings. The molecule has 0 radical (unpaired) electrons. The number of para-hydroxylation sites is 2. The van der Waals surface area contributed by atoms with Crippen molar-refractivity contribution in [2.45, 2.75) is 19.9 Å². The maximum absolute atomic E-state index is 6.02. The van der Waals surface area contributed by atoms with E-state index < -0.39 is 0 Å². The molecule has 0 aliphatic carbocycles. The lowest BCUT2D eigenvalue weighted by atomic mass is 9.98. The lowest BCUT2D eigenvalue weighted by Gasteiger charge is -2.39. The van der Waals surface area contributed by atoms with Crippen molar-refractivity contribution < 1.29 is 4.42 Å². The summed E-state index contributed by atoms with van der Waals surface area (Å²) in [6.07, 6.45) is 3.46. The van der Waals surface area contributed by atoms with Crippen LogP contribution in [0.25, 0.3) is 5.82 Å². The van der Waals surface area contributed by atoms with Gasteiger partial charge in [0, 0.05) is 11.9 Å². The number of nitrogens with one attached hydrogen (secondary N) is 1. The summed E-state index contributed by atoms with van der Waals surface area (Å²) in [4.78, 5) is 16.9. The minimum Gasteiger partial charge on any atom is -0.467 e. The van der Waals surface area contributed by atoms with Crippen molar-refractivity contribution in [1.82, 2.24) is 14.8 Å². The van der Waals surface area contributed by atoms with Crippen LogP contribution in [0.3, 0.4) is 0 Å². The first-order valence-electron chi connectivity index (χ1n) is 12.1. The highest BCUT2D eigenvalue weighted by atomic mass is 16.3. The van der Waals surface area contributed by atoms with E-state index in [2.05, 4.69) is 40.3 Å². The third kappa shape index (κ3) is 3.45. The predicted octanol–water partition coefficient (Wildman–Crippen LogP) is 6.27. The highest BCUT2D eigenvalue weighted by Gasteiger charge is 2.42. The number of furan rings is 1. The first kappa shape index (κ1) is 21.3. The van der Waals surface area contributed by atoms with Crippen molar-refractivity contribution in [3.8, 4) is 5.82 Å². The quantitative estimate of drug-likeness (QED) is 0.325. The van der Waals surface area contributed by atoms with Crippen LogP contribution in [0.2, 0.25) is 0 Å². The molecule has 0 saturated heterocycles. The number of pyridine rings is 1. The fourth-order valence-electron chi connectivity index (χ4n) is 4.93. The number of aliphatic imine (C=N–C) groups is 2. The molecule has 1 N–H and O–H groups in total. The number of benzene rings is 2. The summed E-state index contributed by atoms with van der Waals surface area (Å²) in [7, 11) is 0. The smallest absolute Gasteiger partial charge is 0.179 e. The molecular formula is C29H23N7O. The second kappa shape index (κ2) is 8.30. The van der Waals surface area contributed by atoms with Gasteiger partial charge in [0.1, 0.15) is 11.8 Å². The van der Waals surface area contributed by atoms with Gasteiger partial charge in [-0.2, -0.15) is 9.78 Å². The Hall–Kier alpha value is -4.98. The SMILES string of the molecule is Cc1ccc(NC2=Nc3ccccc3N3C2=Nc2c(c(C)nn2-c2ccccn2)[C@@H]3c2ccco2)cc1. The van der Waals surface area contributed by atoms with Gasteiger partial charge in [0.25, 0.3) is 0 Å². The van der Waals surface area contributed by atoms with Gasteiger partial charge in [-0.1, -0.05) is 35.9 Å². The summed E-state index contributed by atoms with van der Waals surface area (Å²) in [5, 5.41) is 8.39. The van der Waals surface area contributed by atoms with Crippen molar-refractivity contribution >= 4 is 34.6 Å². The van der Waals surface area contributed by atoms with Crippen LogP contribution in [0.4, 0.5) is 22.9 Å². The Bertz CT molecular complexity index is 1670. The average Bonchev–Trinajstić information content (AvgIpc) is 3.58. The molecule has 3 aromatic heterocycles. The van der Waals surface area contributed by atoms with Crippen molar-refractivity contribution in [2.75, 3.05) is 10.2 Å². The van der Waals surface area contributed by atoms with Crippen LogP contribution >= 0.6 is 0 Å². The van der Waals surface area contributed by atoms with Gasteiger partial charge >= 0.3 is 0 Å². The molecule has 0 saturated carbocycles. The highest BCUT2D eigenvalue weighted by Crippen LogP contribution is 2.48. The Labute approximate surface area is 213 Å². The van der Waals surface area contributed by atoms with Gasteiger partial charge in [-0.25, -0.2) is 15.0 Å². The first-order chi connectivity index (χ1) is 18.2. The van der Waals surface area contributed by atoms with E-state index in [1.807, 2.05) is 67.6 Å². The van der Waals surface area contributed by atoms with Gasteiger partial charge < -0.3 is 14.6 Å². The zero-order valence-corrected chi connectivity index (χ0v) is 20.3. The molecule has 37 heavy (non-hydrogen) atoms. The molecule has 180 valence electrons. The molecule has 7 rings (SSSR count). The Kier molecular flexibility index (Phi) is 4.78. The van der Waals surface area contributed by atoms with Gasteiger partial charge in [-0.3, -0.25) is 0 Å². The topological polar surface area (TPSA) is 83.8 Å². The molecule has 8 nitrogen and oxygen atoms in total. The van der Waals surface area contributed by atoms with E-state index >= 15 is 0 Å². The first-order valence-corrected chi connectivity index (χ1v) is 12.1. The molecule has 1 atom stereocenters. The summed E-state index contributed by atoms with van der Waals surface area (Å²) < 4.78 is 7.82. The molecular weight excluding hydrogens is 462 g/mol. The van der Waals surface area contributed by atoms with E-state index in [4.69, 9.17) is 19.5 Å². The monoisotopic (exact) mass is 485 g/mol. The summed E-state index contributed by atoms with van der Waals surface area (Å²) in [5.74, 6) is 3.54. The predicted molar refractivity (Wildman–Crippen MR) is 145 cm³/mol. The fourth-order valence-corrected chi connectivity index (χ4v) is 4.93. The van der Waals surface area contributed by atoms with Crippen molar-refractivity contribution in [1.29, 1.82) is 0 Å². The maximum atomic E-state index is 6.02. The van der Waals surface area contributed by atoms with Gasteiger partial charge in [0.15, 0.2) is 23.3 Å². The number of nitrogens with zero attached hydrogens (tertiary/aromatic N) is 6. The number of rotatable bonds is 3. The summed E-state index contributed by atoms with van der Waals surface area (Å²) in [6, 6.07) is 25.7. The van der Waals surface area contributed by atoms with E-state index in [-0.39, 0.29) is 6.04 Å². The summed E-state index contributed by atoms with van der Waals surface area (Å²) >= 11 is 0. The van der Waals surface area contributed by atoms with Gasteiger partial charge in [-0.15, -0.1) is 0 Å². The normalized spacial score (nSPS) is 15.8. The largest absolute Gasteiger partial charge is 0.467 e. The second-order valence-corrected chi connectivity index (χ2v) is 9.09. The average molecular weight is 486 g/mol. The lowest BCUT2D eigenvalue weighted by Crippen LogP contribution is -2.46. The molecule has 2 aliphatic heterocycles. The maximum Gasteiger partial charge on any atom is 0.179 e. The Morgan fingerprint density at radius 2 is 1.70 bits per heavy atom. The number of aryl methyl sites for hydroxylation is 2. The van der Waals surface area contributed by atoms with Crippen molar-refractivity contribution in [3.63, 3.8) is 0 Å². The Morgan fingerprint density at radius 1 is 0.865 bits per heavy atom. The van der Waals surface area contributed by atoms with Crippen LogP contribution in [0.5, 0.6) is 0 Å². The molecule has 0 fully saturated rings. The molecule has 0 bridgehead atoms. The van der Waals surface area contributed by atoms with Crippen LogP contribution in [0, 0.1) is 13.8 Å². The minimum atomic E-state index is -0.290. The van der Waals surface area contributed by atoms with Crippen molar-refractivity contribution in [2.24, 2.45) is 9.98 Å². The number of aromatic nitrogens is 3. The highest BCUT2D eigenvalue weighted by molar-refractivity contribution is 6.51. The molecule has 2 aliphatic rings. The Balaban J connectivity index is 1.49. The van der Waals surface area contributed by atoms with E-state index in [0.717, 1.165) is 34.1 Å². The summed E-state index contributed by atoms with van der Waals surface area (Å²) in [6.45, 7) is 4.08. The molecule has 0 unspecified atom stereocenters. The van der Waals surface area contributed by atoms with Gasteiger partial charge in [-0.05, 0) is 62.4 Å². The van der Waals surface area contributed by atoms with Crippen LogP contribution < -0.4 is 10.2 Å². The van der Waals surface area contributed by atoms with E-state index in [1.165, 1.54) is 5.56 Å². The number of amidine groups is 2. The molecule has 0 spiro atoms. The minimum absolute atomic E-state index is 0.290. The third-order valence-corrected chi connectivity index (χ3v) is 6.63. The number of hydrogen-bond donors (Lipinski definition) is 1. The van der Waals surface area contributed by atoms with Crippen molar-refractivity contribution in [3.05, 3.63) is 114 Å². The van der Waals surface area contributed by atoms with Crippen LogP contribution in [-0.2, 0) is 0 Å². The van der Waals surface area contributed by atoms with Crippen LogP contribution in [-0.4, -0.2) is 26.4 Å².